The van der Waals surface area contributed by atoms with Gasteiger partial charge >= 0.3 is 5.97 Å². The number of nitrogens with one attached hydrogen (secondary N) is 1. The zero-order valence-electron chi connectivity index (χ0n) is 14.7. The first kappa shape index (κ1) is 19.0. The predicted molar refractivity (Wildman–Crippen MR) is 94.1 cm³/mol. The van der Waals surface area contributed by atoms with Gasteiger partial charge in [-0.2, -0.15) is 0 Å². The van der Waals surface area contributed by atoms with E-state index in [-0.39, 0.29) is 24.2 Å². The molecule has 1 aromatic carbocycles. The lowest BCUT2D eigenvalue weighted by Gasteiger charge is -2.17. The lowest BCUT2D eigenvalue weighted by atomic mass is 10.1. The average molecular weight is 346 g/mol. The number of aliphatic carboxylic acids is 1. The second-order valence-corrected chi connectivity index (χ2v) is 6.62. The van der Waals surface area contributed by atoms with Crippen LogP contribution in [0.5, 0.6) is 0 Å². The maximum Gasteiger partial charge on any atom is 0.303 e. The Morgan fingerprint density at radius 2 is 1.80 bits per heavy atom. The van der Waals surface area contributed by atoms with Crippen molar-refractivity contribution in [3.63, 3.8) is 0 Å². The van der Waals surface area contributed by atoms with Crippen LogP contribution >= 0.6 is 0 Å². The monoisotopic (exact) mass is 346 g/mol. The lowest BCUT2D eigenvalue weighted by Crippen LogP contribution is -2.29. The van der Waals surface area contributed by atoms with Gasteiger partial charge in [0.2, 0.25) is 5.91 Å². The van der Waals surface area contributed by atoms with Crippen LogP contribution in [0.1, 0.15) is 54.4 Å². The Morgan fingerprint density at radius 1 is 1.16 bits per heavy atom. The van der Waals surface area contributed by atoms with Gasteiger partial charge in [-0.15, -0.1) is 0 Å². The molecule has 1 aliphatic carbocycles. The largest absolute Gasteiger partial charge is 0.481 e. The highest BCUT2D eigenvalue weighted by Gasteiger charge is 2.22. The fourth-order valence-electron chi connectivity index (χ4n) is 3.08. The predicted octanol–water partition coefficient (Wildman–Crippen LogP) is 2.43. The van der Waals surface area contributed by atoms with Crippen LogP contribution in [-0.2, 0) is 16.1 Å². The summed E-state index contributed by atoms with van der Waals surface area (Å²) in [5, 5.41) is 11.6. The van der Waals surface area contributed by atoms with Gasteiger partial charge in [-0.1, -0.05) is 25.0 Å². The molecule has 6 heteroatoms. The quantitative estimate of drug-likeness (QED) is 0.757. The Morgan fingerprint density at radius 3 is 2.40 bits per heavy atom. The number of amides is 2. The van der Waals surface area contributed by atoms with Gasteiger partial charge in [0.1, 0.15) is 0 Å². The number of nitrogens with zero attached hydrogens (tertiary/aromatic N) is 1. The van der Waals surface area contributed by atoms with Gasteiger partial charge in [0.25, 0.3) is 5.91 Å². The van der Waals surface area contributed by atoms with Crippen molar-refractivity contribution in [1.29, 1.82) is 0 Å². The molecule has 2 amide bonds. The van der Waals surface area contributed by atoms with Crippen LogP contribution in [0.15, 0.2) is 24.3 Å². The summed E-state index contributed by atoms with van der Waals surface area (Å²) in [4.78, 5) is 36.3. The van der Waals surface area contributed by atoms with Crippen LogP contribution in [0.3, 0.4) is 0 Å². The molecule has 0 heterocycles. The van der Waals surface area contributed by atoms with Gasteiger partial charge in [-0.3, -0.25) is 14.4 Å². The van der Waals surface area contributed by atoms with E-state index in [0.717, 1.165) is 31.2 Å². The minimum atomic E-state index is -0.857. The molecule has 25 heavy (non-hydrogen) atoms. The van der Waals surface area contributed by atoms with Crippen molar-refractivity contribution >= 4 is 17.8 Å². The van der Waals surface area contributed by atoms with E-state index >= 15 is 0 Å². The second kappa shape index (κ2) is 9.20. The Bertz CT molecular complexity index is 606. The summed E-state index contributed by atoms with van der Waals surface area (Å²) in [7, 11) is 1.67. The summed E-state index contributed by atoms with van der Waals surface area (Å²) in [6.07, 6.45) is 4.71. The molecule has 0 unspecified atom stereocenters. The minimum Gasteiger partial charge on any atom is -0.481 e. The third-order valence-electron chi connectivity index (χ3n) is 4.62. The van der Waals surface area contributed by atoms with E-state index in [9.17, 15) is 14.4 Å². The molecule has 136 valence electrons. The molecule has 1 aliphatic rings. The molecule has 0 spiro atoms. The topological polar surface area (TPSA) is 86.7 Å². The normalized spacial score (nSPS) is 14.3. The van der Waals surface area contributed by atoms with Crippen molar-refractivity contribution in [3.05, 3.63) is 35.4 Å². The molecule has 0 atom stereocenters. The van der Waals surface area contributed by atoms with Gasteiger partial charge in [0, 0.05) is 38.0 Å². The van der Waals surface area contributed by atoms with Crippen molar-refractivity contribution in [2.24, 2.45) is 5.92 Å². The van der Waals surface area contributed by atoms with E-state index in [0.29, 0.717) is 25.1 Å². The first-order valence-corrected chi connectivity index (χ1v) is 8.81. The number of carboxylic acids is 1. The zero-order chi connectivity index (χ0) is 18.2. The second-order valence-electron chi connectivity index (χ2n) is 6.62. The number of hydrogen-bond donors (Lipinski definition) is 2. The molecule has 1 aromatic rings. The average Bonchev–Trinajstić information content (AvgIpc) is 3.13. The Kier molecular flexibility index (Phi) is 6.98. The van der Waals surface area contributed by atoms with Gasteiger partial charge in [0.15, 0.2) is 0 Å². The Labute approximate surface area is 148 Å². The molecule has 2 rings (SSSR count). The summed E-state index contributed by atoms with van der Waals surface area (Å²) in [5.74, 6) is -0.715. The Hall–Kier alpha value is -2.37. The fourth-order valence-corrected chi connectivity index (χ4v) is 3.08. The molecule has 0 radical (unpaired) electrons. The summed E-state index contributed by atoms with van der Waals surface area (Å²) < 4.78 is 0. The van der Waals surface area contributed by atoms with E-state index in [1.165, 1.54) is 4.90 Å². The smallest absolute Gasteiger partial charge is 0.303 e. The maximum absolute atomic E-state index is 12.3. The number of benzene rings is 1. The van der Waals surface area contributed by atoms with E-state index in [2.05, 4.69) is 5.32 Å². The molecule has 1 fully saturated rings. The van der Waals surface area contributed by atoms with Crippen LogP contribution in [0.4, 0.5) is 0 Å². The Balaban J connectivity index is 1.80. The van der Waals surface area contributed by atoms with E-state index < -0.39 is 5.97 Å². The lowest BCUT2D eigenvalue weighted by molar-refractivity contribution is -0.137. The summed E-state index contributed by atoms with van der Waals surface area (Å²) >= 11 is 0. The first-order valence-electron chi connectivity index (χ1n) is 8.81. The summed E-state index contributed by atoms with van der Waals surface area (Å²) in [6, 6.07) is 7.17. The van der Waals surface area contributed by atoms with Crippen molar-refractivity contribution in [2.75, 3.05) is 13.6 Å². The highest BCUT2D eigenvalue weighted by molar-refractivity contribution is 5.94. The SMILES string of the molecule is CN(CCCC(=O)O)C(=O)c1ccc(CNC(=O)C2CCCC2)cc1. The summed E-state index contributed by atoms with van der Waals surface area (Å²) in [6.45, 7) is 0.878. The van der Waals surface area contributed by atoms with E-state index in [4.69, 9.17) is 5.11 Å². The third kappa shape index (κ3) is 5.89. The molecule has 6 nitrogen and oxygen atoms in total. The number of rotatable bonds is 8. The minimum absolute atomic E-state index is 0.0528. The molecular weight excluding hydrogens is 320 g/mol. The molecule has 2 N–H and O–H groups in total. The molecule has 0 aliphatic heterocycles. The van der Waals surface area contributed by atoms with Crippen LogP contribution in [0.25, 0.3) is 0 Å². The van der Waals surface area contributed by atoms with Gasteiger partial charge in [0.05, 0.1) is 0 Å². The van der Waals surface area contributed by atoms with Crippen LogP contribution in [0.2, 0.25) is 0 Å². The molecule has 0 saturated heterocycles. The van der Waals surface area contributed by atoms with E-state index in [1.807, 2.05) is 12.1 Å². The highest BCUT2D eigenvalue weighted by Crippen LogP contribution is 2.24. The maximum atomic E-state index is 12.3. The van der Waals surface area contributed by atoms with Crippen molar-refractivity contribution in [2.45, 2.75) is 45.1 Å². The third-order valence-corrected chi connectivity index (χ3v) is 4.62. The first-order chi connectivity index (χ1) is 12.0. The number of carboxylic acid groups (broad SMARTS) is 1. The zero-order valence-corrected chi connectivity index (χ0v) is 14.7. The van der Waals surface area contributed by atoms with Gasteiger partial charge < -0.3 is 15.3 Å². The van der Waals surface area contributed by atoms with Gasteiger partial charge in [-0.05, 0) is 37.0 Å². The van der Waals surface area contributed by atoms with Crippen LogP contribution < -0.4 is 5.32 Å². The number of carbonyl (C=O) groups is 3. The van der Waals surface area contributed by atoms with Crippen LogP contribution in [0, 0.1) is 5.92 Å². The van der Waals surface area contributed by atoms with Crippen molar-refractivity contribution in [3.8, 4) is 0 Å². The fraction of sp³-hybridized carbons (Fsp3) is 0.526. The number of carbonyl (C=O) groups excluding carboxylic acids is 2. The van der Waals surface area contributed by atoms with Gasteiger partial charge in [-0.25, -0.2) is 0 Å². The number of hydrogen-bond acceptors (Lipinski definition) is 3. The van der Waals surface area contributed by atoms with Crippen molar-refractivity contribution in [1.82, 2.24) is 10.2 Å². The molecular formula is C19H26N2O4. The van der Waals surface area contributed by atoms with E-state index in [1.54, 1.807) is 19.2 Å². The molecule has 0 aromatic heterocycles. The standard InChI is InChI=1S/C19H26N2O4/c1-21(12-4-7-17(22)23)19(25)16-10-8-14(9-11-16)13-20-18(24)15-5-2-3-6-15/h8-11,15H,2-7,12-13H2,1H3,(H,20,24)(H,22,23). The highest BCUT2D eigenvalue weighted by atomic mass is 16.4. The molecule has 1 saturated carbocycles. The summed E-state index contributed by atoms with van der Waals surface area (Å²) in [5.41, 5.74) is 1.51. The molecule has 0 bridgehead atoms. The van der Waals surface area contributed by atoms with Crippen molar-refractivity contribution < 1.29 is 19.5 Å². The van der Waals surface area contributed by atoms with Crippen LogP contribution in [-0.4, -0.2) is 41.4 Å².